The van der Waals surface area contributed by atoms with Crippen molar-refractivity contribution in [1.29, 1.82) is 0 Å². The molecule has 0 spiro atoms. The second-order valence-electron chi connectivity index (χ2n) is 5.83. The summed E-state index contributed by atoms with van der Waals surface area (Å²) in [5.74, 6) is 0.607. The summed E-state index contributed by atoms with van der Waals surface area (Å²) >= 11 is 0. The van der Waals surface area contributed by atoms with Gasteiger partial charge in [0.25, 0.3) is 0 Å². The van der Waals surface area contributed by atoms with Crippen molar-refractivity contribution in [3.63, 3.8) is 0 Å². The molecule has 0 aromatic heterocycles. The summed E-state index contributed by atoms with van der Waals surface area (Å²) in [7, 11) is 2.23. The van der Waals surface area contributed by atoms with Crippen molar-refractivity contribution in [2.24, 2.45) is 0 Å². The molecule has 19 heavy (non-hydrogen) atoms. The molecule has 1 aromatic carbocycles. The van der Waals surface area contributed by atoms with Gasteiger partial charge in [-0.05, 0) is 37.1 Å². The number of piperazine rings is 1. The van der Waals surface area contributed by atoms with Crippen LogP contribution in [0.25, 0.3) is 0 Å². The standard InChI is InChI=1S/C16H27N3/c1-13(2)14-4-6-15(7-5-14)18-9-8-16-12-17-10-11-19(16)3/h4-7,13,16-18H,8-12H2,1-3H3. The Kier molecular flexibility index (Phi) is 5.23. The first kappa shape index (κ1) is 14.4. The molecule has 0 saturated carbocycles. The van der Waals surface area contributed by atoms with Crippen molar-refractivity contribution >= 4 is 5.69 Å². The molecule has 0 bridgehead atoms. The van der Waals surface area contributed by atoms with Gasteiger partial charge in [0.15, 0.2) is 0 Å². The molecule has 3 heteroatoms. The summed E-state index contributed by atoms with van der Waals surface area (Å²) in [4.78, 5) is 2.46. The highest BCUT2D eigenvalue weighted by atomic mass is 15.2. The lowest BCUT2D eigenvalue weighted by atomic mass is 10.0. The first-order chi connectivity index (χ1) is 9.16. The van der Waals surface area contributed by atoms with Gasteiger partial charge in [-0.2, -0.15) is 0 Å². The summed E-state index contributed by atoms with van der Waals surface area (Å²) in [5.41, 5.74) is 2.64. The molecule has 1 aromatic rings. The summed E-state index contributed by atoms with van der Waals surface area (Å²) in [6, 6.07) is 9.50. The van der Waals surface area contributed by atoms with Crippen molar-refractivity contribution in [3.8, 4) is 0 Å². The van der Waals surface area contributed by atoms with Crippen LogP contribution in [0.5, 0.6) is 0 Å². The van der Waals surface area contributed by atoms with Gasteiger partial charge in [0, 0.05) is 37.9 Å². The Morgan fingerprint density at radius 1 is 1.32 bits per heavy atom. The third kappa shape index (κ3) is 4.22. The van der Waals surface area contributed by atoms with Crippen LogP contribution < -0.4 is 10.6 Å². The molecule has 1 heterocycles. The minimum absolute atomic E-state index is 0.607. The summed E-state index contributed by atoms with van der Waals surface area (Å²) < 4.78 is 0. The Morgan fingerprint density at radius 3 is 2.68 bits per heavy atom. The summed E-state index contributed by atoms with van der Waals surface area (Å²) in [6.07, 6.45) is 1.19. The van der Waals surface area contributed by atoms with E-state index < -0.39 is 0 Å². The van der Waals surface area contributed by atoms with Crippen LogP contribution in [-0.2, 0) is 0 Å². The fraction of sp³-hybridized carbons (Fsp3) is 0.625. The van der Waals surface area contributed by atoms with Gasteiger partial charge in [-0.1, -0.05) is 26.0 Å². The Hall–Kier alpha value is -1.06. The fourth-order valence-electron chi connectivity index (χ4n) is 2.55. The van der Waals surface area contributed by atoms with Crippen LogP contribution in [0.15, 0.2) is 24.3 Å². The number of likely N-dealkylation sites (N-methyl/N-ethyl adjacent to an activating group) is 1. The molecule has 3 nitrogen and oxygen atoms in total. The van der Waals surface area contributed by atoms with E-state index in [4.69, 9.17) is 0 Å². The van der Waals surface area contributed by atoms with Crippen molar-refractivity contribution in [3.05, 3.63) is 29.8 Å². The Morgan fingerprint density at radius 2 is 2.05 bits per heavy atom. The van der Waals surface area contributed by atoms with E-state index in [1.54, 1.807) is 0 Å². The average molecular weight is 261 g/mol. The smallest absolute Gasteiger partial charge is 0.0340 e. The molecule has 0 aliphatic carbocycles. The third-order valence-corrected chi connectivity index (χ3v) is 4.03. The first-order valence-corrected chi connectivity index (χ1v) is 7.41. The van der Waals surface area contributed by atoms with Gasteiger partial charge in [0.05, 0.1) is 0 Å². The molecule has 1 unspecified atom stereocenters. The fourth-order valence-corrected chi connectivity index (χ4v) is 2.55. The van der Waals surface area contributed by atoms with Crippen molar-refractivity contribution in [2.45, 2.75) is 32.2 Å². The van der Waals surface area contributed by atoms with E-state index in [0.717, 1.165) is 26.2 Å². The van der Waals surface area contributed by atoms with E-state index in [1.165, 1.54) is 17.7 Å². The van der Waals surface area contributed by atoms with Gasteiger partial charge in [-0.15, -0.1) is 0 Å². The molecule has 0 radical (unpaired) electrons. The highest BCUT2D eigenvalue weighted by molar-refractivity contribution is 5.45. The summed E-state index contributed by atoms with van der Waals surface area (Å²) in [6.45, 7) is 8.90. The van der Waals surface area contributed by atoms with Crippen LogP contribution in [0.2, 0.25) is 0 Å². The first-order valence-electron chi connectivity index (χ1n) is 7.41. The minimum Gasteiger partial charge on any atom is -0.385 e. The Labute approximate surface area is 117 Å². The van der Waals surface area contributed by atoms with Crippen molar-refractivity contribution in [1.82, 2.24) is 10.2 Å². The van der Waals surface area contributed by atoms with Gasteiger partial charge in [0.1, 0.15) is 0 Å². The molecule has 106 valence electrons. The minimum atomic E-state index is 0.607. The number of benzene rings is 1. The number of rotatable bonds is 5. The lowest BCUT2D eigenvalue weighted by Gasteiger charge is -2.33. The Bertz CT molecular complexity index is 372. The molecule has 2 N–H and O–H groups in total. The lowest BCUT2D eigenvalue weighted by Crippen LogP contribution is -2.49. The van der Waals surface area contributed by atoms with Gasteiger partial charge < -0.3 is 15.5 Å². The number of nitrogens with one attached hydrogen (secondary N) is 2. The van der Waals surface area contributed by atoms with Crippen LogP contribution in [0.1, 0.15) is 31.7 Å². The van der Waals surface area contributed by atoms with Crippen LogP contribution in [0, 0.1) is 0 Å². The van der Waals surface area contributed by atoms with E-state index in [9.17, 15) is 0 Å². The zero-order valence-corrected chi connectivity index (χ0v) is 12.4. The molecular formula is C16H27N3. The van der Waals surface area contributed by atoms with Gasteiger partial charge in [-0.25, -0.2) is 0 Å². The molecular weight excluding hydrogens is 234 g/mol. The number of anilines is 1. The number of hydrogen-bond donors (Lipinski definition) is 2. The highest BCUT2D eigenvalue weighted by Gasteiger charge is 2.17. The highest BCUT2D eigenvalue weighted by Crippen LogP contribution is 2.17. The van der Waals surface area contributed by atoms with Crippen LogP contribution in [0.3, 0.4) is 0 Å². The molecule has 1 atom stereocenters. The SMILES string of the molecule is CC(C)c1ccc(NCCC2CNCCN2C)cc1. The molecule has 1 fully saturated rings. The quantitative estimate of drug-likeness (QED) is 0.853. The largest absolute Gasteiger partial charge is 0.385 e. The van der Waals surface area contributed by atoms with Crippen LogP contribution >= 0.6 is 0 Å². The molecule has 2 rings (SSSR count). The topological polar surface area (TPSA) is 27.3 Å². The van der Waals surface area contributed by atoms with E-state index in [-0.39, 0.29) is 0 Å². The lowest BCUT2D eigenvalue weighted by molar-refractivity contribution is 0.194. The second-order valence-corrected chi connectivity index (χ2v) is 5.83. The monoisotopic (exact) mass is 261 g/mol. The Balaban J connectivity index is 1.75. The maximum atomic E-state index is 3.52. The van der Waals surface area contributed by atoms with Crippen LogP contribution in [0.4, 0.5) is 5.69 Å². The van der Waals surface area contributed by atoms with E-state index in [0.29, 0.717) is 12.0 Å². The third-order valence-electron chi connectivity index (χ3n) is 4.03. The average Bonchev–Trinajstić information content (AvgIpc) is 2.41. The van der Waals surface area contributed by atoms with Gasteiger partial charge in [0.2, 0.25) is 0 Å². The van der Waals surface area contributed by atoms with E-state index >= 15 is 0 Å². The predicted molar refractivity (Wildman–Crippen MR) is 82.9 cm³/mol. The normalized spacial score (nSPS) is 20.7. The molecule has 0 amide bonds. The maximum absolute atomic E-state index is 3.52. The van der Waals surface area contributed by atoms with Gasteiger partial charge in [-0.3, -0.25) is 0 Å². The summed E-state index contributed by atoms with van der Waals surface area (Å²) in [5, 5.41) is 6.99. The van der Waals surface area contributed by atoms with E-state index in [1.807, 2.05) is 0 Å². The zero-order chi connectivity index (χ0) is 13.7. The number of hydrogen-bond acceptors (Lipinski definition) is 3. The van der Waals surface area contributed by atoms with Crippen molar-refractivity contribution in [2.75, 3.05) is 38.5 Å². The zero-order valence-electron chi connectivity index (χ0n) is 12.4. The van der Waals surface area contributed by atoms with Crippen LogP contribution in [-0.4, -0.2) is 44.2 Å². The second kappa shape index (κ2) is 6.92. The molecule has 1 saturated heterocycles. The molecule has 1 aliphatic heterocycles. The maximum Gasteiger partial charge on any atom is 0.0340 e. The predicted octanol–water partition coefficient (Wildman–Crippen LogP) is 2.52. The van der Waals surface area contributed by atoms with Gasteiger partial charge >= 0.3 is 0 Å². The number of nitrogens with zero attached hydrogens (tertiary/aromatic N) is 1. The van der Waals surface area contributed by atoms with E-state index in [2.05, 4.69) is 60.7 Å². The van der Waals surface area contributed by atoms with Crippen molar-refractivity contribution < 1.29 is 0 Å². The molecule has 1 aliphatic rings.